The van der Waals surface area contributed by atoms with Crippen molar-refractivity contribution in [3.8, 4) is 0 Å². The summed E-state index contributed by atoms with van der Waals surface area (Å²) in [4.78, 5) is 12.8. The molecule has 0 radical (unpaired) electrons. The summed E-state index contributed by atoms with van der Waals surface area (Å²) >= 11 is 1.20. The maximum Gasteiger partial charge on any atom is 0.324 e. The SMILES string of the molecule is CCc1ccc(S(=O)(=O)N[C@@H](C)C(=O)OC(C)(C)C)s1. The minimum Gasteiger partial charge on any atom is -0.459 e. The fourth-order valence-corrected chi connectivity index (χ4v) is 3.93. The Hall–Kier alpha value is -0.920. The number of nitrogens with one attached hydrogen (secondary N) is 1. The molecular weight excluding hydrogens is 298 g/mol. The minimum atomic E-state index is -3.68. The number of sulfonamides is 1. The fraction of sp³-hybridized carbons (Fsp3) is 0.615. The van der Waals surface area contributed by atoms with Crippen LogP contribution in [0.2, 0.25) is 0 Å². The molecule has 0 saturated carbocycles. The van der Waals surface area contributed by atoms with Crippen LogP contribution in [0.1, 0.15) is 39.5 Å². The highest BCUT2D eigenvalue weighted by Gasteiger charge is 2.27. The fourth-order valence-electron chi connectivity index (χ4n) is 1.42. The third-order valence-corrected chi connectivity index (χ3v) is 5.60. The molecule has 7 heteroatoms. The van der Waals surface area contributed by atoms with Crippen LogP contribution in [0.4, 0.5) is 0 Å². The number of esters is 1. The highest BCUT2D eigenvalue weighted by Crippen LogP contribution is 2.22. The number of hydrogen-bond acceptors (Lipinski definition) is 5. The molecule has 0 saturated heterocycles. The van der Waals surface area contributed by atoms with Gasteiger partial charge >= 0.3 is 5.97 Å². The summed E-state index contributed by atoms with van der Waals surface area (Å²) in [5, 5.41) is 0. The van der Waals surface area contributed by atoms with Crippen LogP contribution in [0.3, 0.4) is 0 Å². The summed E-state index contributed by atoms with van der Waals surface area (Å²) in [6, 6.07) is 2.40. The summed E-state index contributed by atoms with van der Waals surface area (Å²) < 4.78 is 32.0. The summed E-state index contributed by atoms with van der Waals surface area (Å²) in [6.07, 6.45) is 0.780. The van der Waals surface area contributed by atoms with Crippen LogP contribution in [0, 0.1) is 0 Å². The lowest BCUT2D eigenvalue weighted by atomic mass is 10.2. The Bertz CT molecular complexity index is 569. The minimum absolute atomic E-state index is 0.213. The van der Waals surface area contributed by atoms with Gasteiger partial charge in [-0.05, 0) is 46.2 Å². The molecule has 114 valence electrons. The van der Waals surface area contributed by atoms with Crippen LogP contribution in [-0.4, -0.2) is 26.0 Å². The van der Waals surface area contributed by atoms with Crippen molar-refractivity contribution in [2.45, 2.75) is 56.9 Å². The number of carbonyl (C=O) groups is 1. The van der Waals surface area contributed by atoms with E-state index in [9.17, 15) is 13.2 Å². The highest BCUT2D eigenvalue weighted by molar-refractivity contribution is 7.91. The standard InChI is InChI=1S/C13H21NO4S2/c1-6-10-7-8-11(19-10)20(16,17)14-9(2)12(15)18-13(3,4)5/h7-9,14H,6H2,1-5H3/t9-/m0/s1. The van der Waals surface area contributed by atoms with Crippen LogP contribution >= 0.6 is 11.3 Å². The lowest BCUT2D eigenvalue weighted by Gasteiger charge is -2.22. The number of thiophene rings is 1. The van der Waals surface area contributed by atoms with E-state index in [1.54, 1.807) is 32.9 Å². The van der Waals surface area contributed by atoms with Gasteiger partial charge in [-0.25, -0.2) is 8.42 Å². The monoisotopic (exact) mass is 319 g/mol. The van der Waals surface area contributed by atoms with Crippen LogP contribution < -0.4 is 4.72 Å². The van der Waals surface area contributed by atoms with Crippen molar-refractivity contribution in [1.29, 1.82) is 0 Å². The van der Waals surface area contributed by atoms with E-state index < -0.39 is 27.6 Å². The number of carbonyl (C=O) groups excluding carboxylic acids is 1. The van der Waals surface area contributed by atoms with Gasteiger partial charge in [0.05, 0.1) is 0 Å². The van der Waals surface area contributed by atoms with E-state index in [4.69, 9.17) is 4.74 Å². The molecule has 0 amide bonds. The average molecular weight is 319 g/mol. The molecule has 1 rings (SSSR count). The average Bonchev–Trinajstić information content (AvgIpc) is 2.75. The van der Waals surface area contributed by atoms with Gasteiger partial charge in [0.2, 0.25) is 0 Å². The Labute approximate surface area is 124 Å². The Balaban J connectivity index is 2.78. The molecular formula is C13H21NO4S2. The Morgan fingerprint density at radius 1 is 1.40 bits per heavy atom. The first-order valence-corrected chi connectivity index (χ1v) is 8.69. The van der Waals surface area contributed by atoms with E-state index in [-0.39, 0.29) is 4.21 Å². The van der Waals surface area contributed by atoms with E-state index >= 15 is 0 Å². The first kappa shape index (κ1) is 17.1. The zero-order chi connectivity index (χ0) is 15.6. The van der Waals surface area contributed by atoms with E-state index in [0.717, 1.165) is 11.3 Å². The van der Waals surface area contributed by atoms with Crippen LogP contribution in [0.15, 0.2) is 16.3 Å². The molecule has 1 aromatic rings. The quantitative estimate of drug-likeness (QED) is 0.845. The zero-order valence-corrected chi connectivity index (χ0v) is 14.0. The highest BCUT2D eigenvalue weighted by atomic mass is 32.2. The van der Waals surface area contributed by atoms with Gasteiger partial charge in [-0.15, -0.1) is 11.3 Å². The van der Waals surface area contributed by atoms with E-state index in [1.165, 1.54) is 18.3 Å². The normalized spacial score (nSPS) is 14.1. The number of ether oxygens (including phenoxy) is 1. The molecule has 1 heterocycles. The van der Waals surface area contributed by atoms with Gasteiger partial charge < -0.3 is 4.74 Å². The van der Waals surface area contributed by atoms with Crippen molar-refractivity contribution in [3.05, 3.63) is 17.0 Å². The number of rotatable bonds is 5. The Kier molecular flexibility index (Phi) is 5.34. The van der Waals surface area contributed by atoms with Gasteiger partial charge in [0.15, 0.2) is 0 Å². The zero-order valence-electron chi connectivity index (χ0n) is 12.4. The predicted molar refractivity (Wildman–Crippen MR) is 79.3 cm³/mol. The maximum absolute atomic E-state index is 12.1. The summed E-state index contributed by atoms with van der Waals surface area (Å²) in [5.74, 6) is -0.589. The molecule has 1 atom stereocenters. The predicted octanol–water partition coefficient (Wildman–Crippen LogP) is 2.32. The molecule has 1 N–H and O–H groups in total. The lowest BCUT2D eigenvalue weighted by molar-refractivity contribution is -0.156. The lowest BCUT2D eigenvalue weighted by Crippen LogP contribution is -2.41. The molecule has 1 aromatic heterocycles. The van der Waals surface area contributed by atoms with E-state index in [1.807, 2.05) is 6.92 Å². The third-order valence-electron chi connectivity index (χ3n) is 2.34. The van der Waals surface area contributed by atoms with Crippen molar-refractivity contribution >= 4 is 27.3 Å². The van der Waals surface area contributed by atoms with Gasteiger partial charge in [0.1, 0.15) is 15.9 Å². The third kappa shape index (κ3) is 4.88. The first-order valence-electron chi connectivity index (χ1n) is 6.39. The first-order chi connectivity index (χ1) is 9.05. The molecule has 0 bridgehead atoms. The van der Waals surface area contributed by atoms with Crippen molar-refractivity contribution in [1.82, 2.24) is 4.72 Å². The van der Waals surface area contributed by atoms with Crippen LogP contribution in [-0.2, 0) is 26.0 Å². The Morgan fingerprint density at radius 2 is 2.00 bits per heavy atom. The van der Waals surface area contributed by atoms with Gasteiger partial charge in [-0.2, -0.15) is 4.72 Å². The number of aryl methyl sites for hydroxylation is 1. The second kappa shape index (κ2) is 6.24. The van der Waals surface area contributed by atoms with Crippen LogP contribution in [0.25, 0.3) is 0 Å². The molecule has 5 nitrogen and oxygen atoms in total. The van der Waals surface area contributed by atoms with Crippen molar-refractivity contribution in [2.24, 2.45) is 0 Å². The summed E-state index contributed by atoms with van der Waals surface area (Å²) in [6.45, 7) is 8.63. The van der Waals surface area contributed by atoms with Gasteiger partial charge in [0, 0.05) is 4.88 Å². The van der Waals surface area contributed by atoms with Crippen molar-refractivity contribution in [3.63, 3.8) is 0 Å². The Morgan fingerprint density at radius 3 is 2.45 bits per heavy atom. The largest absolute Gasteiger partial charge is 0.459 e. The molecule has 0 fully saturated rings. The van der Waals surface area contributed by atoms with Gasteiger partial charge in [-0.1, -0.05) is 6.92 Å². The molecule has 0 aliphatic rings. The summed E-state index contributed by atoms with van der Waals surface area (Å²) in [7, 11) is -3.68. The number of hydrogen-bond donors (Lipinski definition) is 1. The molecule has 0 aromatic carbocycles. The molecule has 0 unspecified atom stereocenters. The topological polar surface area (TPSA) is 72.5 Å². The smallest absolute Gasteiger partial charge is 0.324 e. The second-order valence-corrected chi connectivity index (χ2v) is 8.56. The van der Waals surface area contributed by atoms with E-state index in [0.29, 0.717) is 0 Å². The van der Waals surface area contributed by atoms with Crippen molar-refractivity contribution < 1.29 is 17.9 Å². The molecule has 0 aliphatic heterocycles. The van der Waals surface area contributed by atoms with Gasteiger partial charge in [0.25, 0.3) is 10.0 Å². The van der Waals surface area contributed by atoms with Crippen molar-refractivity contribution in [2.75, 3.05) is 0 Å². The van der Waals surface area contributed by atoms with E-state index in [2.05, 4.69) is 4.72 Å². The molecule has 0 aliphatic carbocycles. The molecule has 0 spiro atoms. The molecule has 20 heavy (non-hydrogen) atoms. The maximum atomic E-state index is 12.1. The van der Waals surface area contributed by atoms with Crippen LogP contribution in [0.5, 0.6) is 0 Å². The second-order valence-electron chi connectivity index (χ2n) is 5.45. The summed E-state index contributed by atoms with van der Waals surface area (Å²) in [5.41, 5.74) is -0.644. The van der Waals surface area contributed by atoms with Gasteiger partial charge in [-0.3, -0.25) is 4.79 Å².